The highest BCUT2D eigenvalue weighted by molar-refractivity contribution is 6.02. The third kappa shape index (κ3) is 3.93. The summed E-state index contributed by atoms with van der Waals surface area (Å²) < 4.78 is 11.1. The molecule has 3 aromatic rings. The quantitative estimate of drug-likeness (QED) is 0.664. The molecule has 0 radical (unpaired) electrons. The van der Waals surface area contributed by atoms with Crippen LogP contribution in [0.25, 0.3) is 11.1 Å². The lowest BCUT2D eigenvalue weighted by Crippen LogP contribution is -2.31. The topological polar surface area (TPSA) is 68.5 Å². The van der Waals surface area contributed by atoms with Gasteiger partial charge in [0.15, 0.2) is 0 Å². The van der Waals surface area contributed by atoms with Gasteiger partial charge >= 0.3 is 0 Å². The average Bonchev–Trinajstić information content (AvgIpc) is 3.34. The number of benzene rings is 1. The van der Waals surface area contributed by atoms with Crippen molar-refractivity contribution in [2.24, 2.45) is 5.92 Å². The highest BCUT2D eigenvalue weighted by Gasteiger charge is 2.37. The Balaban J connectivity index is 1.60. The van der Waals surface area contributed by atoms with Crippen LogP contribution in [0, 0.1) is 19.8 Å². The van der Waals surface area contributed by atoms with Crippen molar-refractivity contribution in [3.05, 3.63) is 71.4 Å². The van der Waals surface area contributed by atoms with Crippen LogP contribution in [-0.4, -0.2) is 47.3 Å². The Bertz CT molecular complexity index is 1000. The molecule has 0 N–H and O–H groups in total. The van der Waals surface area contributed by atoms with Crippen LogP contribution in [0.3, 0.4) is 0 Å². The molecule has 2 atom stereocenters. The average molecular weight is 391 g/mol. The van der Waals surface area contributed by atoms with Crippen molar-refractivity contribution in [3.8, 4) is 11.1 Å². The Morgan fingerprint density at radius 2 is 2.00 bits per heavy atom. The summed E-state index contributed by atoms with van der Waals surface area (Å²) in [7, 11) is 1.70. The van der Waals surface area contributed by atoms with E-state index in [0.29, 0.717) is 25.1 Å². The normalized spacial score (nSPS) is 18.9. The van der Waals surface area contributed by atoms with E-state index in [2.05, 4.69) is 10.1 Å². The number of hydrogen-bond donors (Lipinski definition) is 0. The van der Waals surface area contributed by atoms with Crippen LogP contribution in [-0.2, 0) is 11.2 Å². The summed E-state index contributed by atoms with van der Waals surface area (Å²) in [5.74, 6) is 0.979. The lowest BCUT2D eigenvalue weighted by molar-refractivity contribution is 0.0672. The number of likely N-dealkylation sites (tertiary alicyclic amines) is 1. The number of nitrogens with zero attached hydrogens (tertiary/aromatic N) is 3. The summed E-state index contributed by atoms with van der Waals surface area (Å²) in [5, 5.41) is 3.96. The molecule has 6 heteroatoms. The highest BCUT2D eigenvalue weighted by atomic mass is 16.5. The Labute approximate surface area is 170 Å². The number of carbonyl (C=O) groups excluding carboxylic acids is 1. The second kappa shape index (κ2) is 8.17. The number of ether oxygens (including phenoxy) is 1. The largest absolute Gasteiger partial charge is 0.379 e. The first kappa shape index (κ1) is 19.3. The SMILES string of the molecule is CO[C@H]1CN(C(=O)c2c(-c3ccccc3)ccnc2C)C[C@H]1Cc1cc(C)no1. The van der Waals surface area contributed by atoms with E-state index in [1.54, 1.807) is 13.3 Å². The van der Waals surface area contributed by atoms with Crippen LogP contribution in [0.2, 0.25) is 0 Å². The molecule has 0 bridgehead atoms. The van der Waals surface area contributed by atoms with Crippen molar-refractivity contribution in [2.45, 2.75) is 26.4 Å². The first-order chi connectivity index (χ1) is 14.1. The summed E-state index contributed by atoms with van der Waals surface area (Å²) in [6.45, 7) is 4.95. The number of aromatic nitrogens is 2. The fraction of sp³-hybridized carbons (Fsp3) is 0.348. The molecule has 0 aliphatic carbocycles. The Hall–Kier alpha value is -2.99. The minimum atomic E-state index is -0.0403. The highest BCUT2D eigenvalue weighted by Crippen LogP contribution is 2.30. The van der Waals surface area contributed by atoms with Gasteiger partial charge in [-0.05, 0) is 31.0 Å². The molecular weight excluding hydrogens is 366 g/mol. The summed E-state index contributed by atoms with van der Waals surface area (Å²) in [5.41, 5.74) is 4.17. The molecule has 4 rings (SSSR count). The van der Waals surface area contributed by atoms with Gasteiger partial charge in [-0.1, -0.05) is 35.5 Å². The summed E-state index contributed by atoms with van der Waals surface area (Å²) in [6, 6.07) is 13.8. The van der Waals surface area contributed by atoms with E-state index < -0.39 is 0 Å². The molecule has 1 amide bonds. The van der Waals surface area contributed by atoms with Crippen molar-refractivity contribution < 1.29 is 14.1 Å². The van der Waals surface area contributed by atoms with Gasteiger partial charge in [-0.3, -0.25) is 9.78 Å². The predicted molar refractivity (Wildman–Crippen MR) is 110 cm³/mol. The number of aryl methyl sites for hydroxylation is 2. The van der Waals surface area contributed by atoms with Crippen LogP contribution in [0.5, 0.6) is 0 Å². The van der Waals surface area contributed by atoms with Crippen LogP contribution < -0.4 is 0 Å². The third-order valence-electron chi connectivity index (χ3n) is 5.55. The Morgan fingerprint density at radius 1 is 1.21 bits per heavy atom. The maximum atomic E-state index is 13.5. The molecule has 150 valence electrons. The lowest BCUT2D eigenvalue weighted by Gasteiger charge is -2.19. The second-order valence-corrected chi connectivity index (χ2v) is 7.57. The molecular formula is C23H25N3O3. The van der Waals surface area contributed by atoms with Crippen molar-refractivity contribution in [3.63, 3.8) is 0 Å². The number of hydrogen-bond acceptors (Lipinski definition) is 5. The van der Waals surface area contributed by atoms with Gasteiger partial charge in [0.05, 0.1) is 23.1 Å². The van der Waals surface area contributed by atoms with E-state index >= 15 is 0 Å². The van der Waals surface area contributed by atoms with Crippen molar-refractivity contribution in [1.29, 1.82) is 0 Å². The first-order valence-corrected chi connectivity index (χ1v) is 9.82. The number of pyridine rings is 1. The minimum Gasteiger partial charge on any atom is -0.379 e. The molecule has 1 fully saturated rings. The minimum absolute atomic E-state index is 0.00671. The molecule has 0 saturated carbocycles. The monoisotopic (exact) mass is 391 g/mol. The molecule has 1 aliphatic rings. The molecule has 1 aromatic carbocycles. The molecule has 3 heterocycles. The van der Waals surface area contributed by atoms with Gasteiger partial charge in [0.2, 0.25) is 0 Å². The Morgan fingerprint density at radius 3 is 2.69 bits per heavy atom. The van der Waals surface area contributed by atoms with E-state index in [-0.39, 0.29) is 17.9 Å². The van der Waals surface area contributed by atoms with Gasteiger partial charge in [-0.15, -0.1) is 0 Å². The van der Waals surface area contributed by atoms with Crippen LogP contribution >= 0.6 is 0 Å². The number of rotatable bonds is 5. The van der Waals surface area contributed by atoms with Gasteiger partial charge in [-0.2, -0.15) is 0 Å². The zero-order valence-electron chi connectivity index (χ0n) is 17.0. The molecule has 6 nitrogen and oxygen atoms in total. The van der Waals surface area contributed by atoms with E-state index in [4.69, 9.17) is 9.26 Å². The fourth-order valence-corrected chi connectivity index (χ4v) is 4.09. The predicted octanol–water partition coefficient (Wildman–Crippen LogP) is 3.68. The molecule has 1 aliphatic heterocycles. The van der Waals surface area contributed by atoms with E-state index in [1.165, 1.54) is 0 Å². The van der Waals surface area contributed by atoms with E-state index in [1.807, 2.05) is 61.2 Å². The molecule has 29 heavy (non-hydrogen) atoms. The fourth-order valence-electron chi connectivity index (χ4n) is 4.09. The van der Waals surface area contributed by atoms with Crippen LogP contribution in [0.1, 0.15) is 27.5 Å². The van der Waals surface area contributed by atoms with Crippen molar-refractivity contribution in [1.82, 2.24) is 15.0 Å². The van der Waals surface area contributed by atoms with Crippen LogP contribution in [0.15, 0.2) is 53.2 Å². The standard InChI is InChI=1S/C23H25N3O3/c1-15-11-19(29-25-15)12-18-13-26(14-21(18)28-3)23(27)22-16(2)24-10-9-20(22)17-7-5-4-6-8-17/h4-11,18,21H,12-14H2,1-3H3/t18-,21+/m1/s1. The summed E-state index contributed by atoms with van der Waals surface area (Å²) in [6.07, 6.45) is 2.41. The Kier molecular flexibility index (Phi) is 5.45. The maximum absolute atomic E-state index is 13.5. The van der Waals surface area contributed by atoms with Gasteiger partial charge in [0.1, 0.15) is 5.76 Å². The van der Waals surface area contributed by atoms with Gasteiger partial charge < -0.3 is 14.2 Å². The zero-order chi connectivity index (χ0) is 20.4. The summed E-state index contributed by atoms with van der Waals surface area (Å²) >= 11 is 0. The van der Waals surface area contributed by atoms with Crippen LogP contribution in [0.4, 0.5) is 0 Å². The molecule has 0 unspecified atom stereocenters. The second-order valence-electron chi connectivity index (χ2n) is 7.57. The van der Waals surface area contributed by atoms with E-state index in [9.17, 15) is 4.79 Å². The summed E-state index contributed by atoms with van der Waals surface area (Å²) in [4.78, 5) is 19.8. The van der Waals surface area contributed by atoms with Gasteiger partial charge in [0.25, 0.3) is 5.91 Å². The lowest BCUT2D eigenvalue weighted by atomic mass is 9.98. The third-order valence-corrected chi connectivity index (χ3v) is 5.55. The molecule has 1 saturated heterocycles. The molecule has 0 spiro atoms. The number of methoxy groups -OCH3 is 1. The van der Waals surface area contributed by atoms with E-state index in [0.717, 1.165) is 28.3 Å². The van der Waals surface area contributed by atoms with Crippen molar-refractivity contribution in [2.75, 3.05) is 20.2 Å². The van der Waals surface area contributed by atoms with Crippen molar-refractivity contribution >= 4 is 5.91 Å². The van der Waals surface area contributed by atoms with Gasteiger partial charge in [0, 0.05) is 44.8 Å². The smallest absolute Gasteiger partial charge is 0.256 e. The first-order valence-electron chi connectivity index (χ1n) is 9.82. The molecule has 2 aromatic heterocycles. The van der Waals surface area contributed by atoms with Gasteiger partial charge in [-0.25, -0.2) is 0 Å². The zero-order valence-corrected chi connectivity index (χ0v) is 17.0. The number of amides is 1. The maximum Gasteiger partial charge on any atom is 0.256 e. The number of carbonyl (C=O) groups is 1.